The van der Waals surface area contributed by atoms with E-state index in [-0.39, 0.29) is 19.6 Å². The van der Waals surface area contributed by atoms with E-state index in [4.69, 9.17) is 23.5 Å². The Hall–Kier alpha value is -0.900. The third-order valence-corrected chi connectivity index (χ3v) is 9.19. The Morgan fingerprint density at radius 1 is 0.708 bits per heavy atom. The Labute approximate surface area is 290 Å². The Bertz CT molecular complexity index is 874. The highest BCUT2D eigenvalue weighted by Gasteiger charge is 2.48. The van der Waals surface area contributed by atoms with Crippen LogP contribution in [0, 0.1) is 0 Å². The Morgan fingerprint density at radius 3 is 1.67 bits per heavy atom. The van der Waals surface area contributed by atoms with E-state index < -0.39 is 59.8 Å². The van der Waals surface area contributed by atoms with Crippen molar-refractivity contribution in [1.82, 2.24) is 0 Å². The lowest BCUT2D eigenvalue weighted by Gasteiger charge is -2.41. The summed E-state index contributed by atoms with van der Waals surface area (Å²) in [7, 11) is -5.05. The summed E-state index contributed by atoms with van der Waals surface area (Å²) in [5, 5.41) is 30.4. The van der Waals surface area contributed by atoms with Crippen LogP contribution >= 0.6 is 0 Å². The quantitative estimate of drug-likeness (QED) is 0.0354. The fourth-order valence-corrected chi connectivity index (χ4v) is 6.36. The molecule has 0 aromatic rings. The zero-order valence-electron chi connectivity index (χ0n) is 29.8. The molecule has 0 spiro atoms. The van der Waals surface area contributed by atoms with Gasteiger partial charge in [0.2, 0.25) is 0 Å². The molecule has 0 aromatic carbocycles. The molecule has 1 aliphatic rings. The molecule has 1 rings (SSSR count). The van der Waals surface area contributed by atoms with Crippen molar-refractivity contribution in [3.8, 4) is 0 Å². The van der Waals surface area contributed by atoms with Gasteiger partial charge in [-0.25, -0.2) is 4.18 Å². The zero-order chi connectivity index (χ0) is 35.5. The molecule has 1 saturated heterocycles. The Morgan fingerprint density at radius 2 is 1.19 bits per heavy atom. The number of aliphatic hydroxyl groups excluding tert-OH is 3. The van der Waals surface area contributed by atoms with Crippen LogP contribution in [0.2, 0.25) is 0 Å². The highest BCUT2D eigenvalue weighted by molar-refractivity contribution is 7.80. The van der Waals surface area contributed by atoms with Gasteiger partial charge in [-0.2, -0.15) is 8.42 Å². The monoisotopic (exact) mass is 712 g/mol. The largest absolute Gasteiger partial charge is 0.457 e. The van der Waals surface area contributed by atoms with Gasteiger partial charge in [0, 0.05) is 13.0 Å². The highest BCUT2D eigenvalue weighted by atomic mass is 32.3. The third kappa shape index (κ3) is 22.7. The summed E-state index contributed by atoms with van der Waals surface area (Å²) in [4.78, 5) is 12.7. The first kappa shape index (κ1) is 45.1. The second kappa shape index (κ2) is 28.8. The molecule has 0 aromatic heterocycles. The van der Waals surface area contributed by atoms with Crippen LogP contribution in [0.4, 0.5) is 0 Å². The van der Waals surface area contributed by atoms with Crippen molar-refractivity contribution in [2.45, 2.75) is 192 Å². The van der Waals surface area contributed by atoms with E-state index in [1.807, 2.05) is 0 Å². The standard InChI is InChI=1S/C35H68O12S/c1-3-5-7-9-11-12-13-14-15-16-17-18-20-22-24-31(37)45-29(27-43-25-23-21-19-10-8-6-4-2)28-44-35-33(39)34(47-48(40,41)42)32(38)30(26-36)46-35/h29-30,32-36,38-39H,3-28H2,1-2H3,(H,40,41,42). The maximum atomic E-state index is 12.7. The van der Waals surface area contributed by atoms with Crippen LogP contribution in [0.5, 0.6) is 0 Å². The van der Waals surface area contributed by atoms with Crippen LogP contribution in [-0.4, -0.2) is 97.5 Å². The molecule has 0 saturated carbocycles. The highest BCUT2D eigenvalue weighted by Crippen LogP contribution is 2.26. The number of carbonyl (C=O) groups excluding carboxylic acids is 1. The van der Waals surface area contributed by atoms with Gasteiger partial charge in [-0.1, -0.05) is 136 Å². The lowest BCUT2D eigenvalue weighted by atomic mass is 9.99. The van der Waals surface area contributed by atoms with Gasteiger partial charge in [-0.3, -0.25) is 9.35 Å². The van der Waals surface area contributed by atoms with Gasteiger partial charge in [-0.05, 0) is 12.8 Å². The molecule has 1 fully saturated rings. The molecule has 0 radical (unpaired) electrons. The molecule has 6 atom stereocenters. The predicted molar refractivity (Wildman–Crippen MR) is 184 cm³/mol. The molecule has 0 aliphatic carbocycles. The van der Waals surface area contributed by atoms with Crippen molar-refractivity contribution >= 4 is 16.4 Å². The van der Waals surface area contributed by atoms with Crippen LogP contribution < -0.4 is 0 Å². The van der Waals surface area contributed by atoms with Crippen LogP contribution in [0.15, 0.2) is 0 Å². The van der Waals surface area contributed by atoms with Gasteiger partial charge in [0.15, 0.2) is 6.29 Å². The third-order valence-electron chi connectivity index (χ3n) is 8.73. The number of hydrogen-bond donors (Lipinski definition) is 4. The van der Waals surface area contributed by atoms with Gasteiger partial charge >= 0.3 is 16.4 Å². The summed E-state index contributed by atoms with van der Waals surface area (Å²) in [5.74, 6) is -0.400. The zero-order valence-corrected chi connectivity index (χ0v) is 30.6. The maximum Gasteiger partial charge on any atom is 0.397 e. The van der Waals surface area contributed by atoms with Crippen molar-refractivity contribution in [3.05, 3.63) is 0 Å². The van der Waals surface area contributed by atoms with Gasteiger partial charge < -0.3 is 34.3 Å². The molecule has 6 unspecified atom stereocenters. The molecular formula is C35H68O12S. The Balaban J connectivity index is 2.48. The van der Waals surface area contributed by atoms with E-state index in [2.05, 4.69) is 18.0 Å². The van der Waals surface area contributed by atoms with E-state index >= 15 is 0 Å². The first-order valence-electron chi connectivity index (χ1n) is 18.8. The number of ether oxygens (including phenoxy) is 4. The Kier molecular flexibility index (Phi) is 27.0. The van der Waals surface area contributed by atoms with Crippen molar-refractivity contribution in [3.63, 3.8) is 0 Å². The van der Waals surface area contributed by atoms with Crippen LogP contribution in [-0.2, 0) is 38.3 Å². The normalized spacial score (nSPS) is 22.2. The molecule has 1 heterocycles. The minimum atomic E-state index is -5.05. The number of esters is 1. The van der Waals surface area contributed by atoms with Crippen molar-refractivity contribution in [2.24, 2.45) is 0 Å². The van der Waals surface area contributed by atoms with E-state index in [1.54, 1.807) is 0 Å². The van der Waals surface area contributed by atoms with Gasteiger partial charge in [0.05, 0.1) is 19.8 Å². The molecule has 0 amide bonds. The number of aliphatic hydroxyl groups is 3. The molecule has 1 aliphatic heterocycles. The van der Waals surface area contributed by atoms with Gasteiger partial charge in [0.25, 0.3) is 0 Å². The minimum absolute atomic E-state index is 0.0418. The fraction of sp³-hybridized carbons (Fsp3) is 0.971. The lowest BCUT2D eigenvalue weighted by molar-refractivity contribution is -0.301. The average Bonchev–Trinajstić information content (AvgIpc) is 3.05. The van der Waals surface area contributed by atoms with Gasteiger partial charge in [-0.15, -0.1) is 0 Å². The molecule has 12 nitrogen and oxygen atoms in total. The van der Waals surface area contributed by atoms with Crippen LogP contribution in [0.3, 0.4) is 0 Å². The number of rotatable bonds is 32. The number of unbranched alkanes of at least 4 members (excludes halogenated alkanes) is 19. The summed E-state index contributed by atoms with van der Waals surface area (Å²) in [6, 6.07) is 0. The van der Waals surface area contributed by atoms with E-state index in [9.17, 15) is 28.5 Å². The lowest BCUT2D eigenvalue weighted by Crippen LogP contribution is -2.60. The number of hydrogen-bond acceptors (Lipinski definition) is 11. The van der Waals surface area contributed by atoms with E-state index in [0.29, 0.717) is 13.0 Å². The molecule has 4 N–H and O–H groups in total. The van der Waals surface area contributed by atoms with E-state index in [1.165, 1.54) is 89.9 Å². The van der Waals surface area contributed by atoms with Crippen molar-refractivity contribution in [1.29, 1.82) is 0 Å². The van der Waals surface area contributed by atoms with Crippen LogP contribution in [0.1, 0.15) is 155 Å². The second-order valence-electron chi connectivity index (χ2n) is 13.2. The predicted octanol–water partition coefficient (Wildman–Crippen LogP) is 6.18. The van der Waals surface area contributed by atoms with Crippen LogP contribution in [0.25, 0.3) is 0 Å². The molecular weight excluding hydrogens is 644 g/mol. The second-order valence-corrected chi connectivity index (χ2v) is 14.2. The molecule has 286 valence electrons. The summed E-state index contributed by atoms with van der Waals surface area (Å²) in [6.45, 7) is 3.94. The van der Waals surface area contributed by atoms with E-state index in [0.717, 1.165) is 38.5 Å². The van der Waals surface area contributed by atoms with Crippen molar-refractivity contribution in [2.75, 3.05) is 26.4 Å². The average molecular weight is 713 g/mol. The fourth-order valence-electron chi connectivity index (χ4n) is 5.85. The maximum absolute atomic E-state index is 12.7. The summed E-state index contributed by atoms with van der Waals surface area (Å²) in [6.07, 6.45) is 15.9. The summed E-state index contributed by atoms with van der Waals surface area (Å²) < 4.78 is 58.5. The van der Waals surface area contributed by atoms with Crippen molar-refractivity contribution < 1.29 is 56.2 Å². The molecule has 13 heteroatoms. The smallest absolute Gasteiger partial charge is 0.397 e. The minimum Gasteiger partial charge on any atom is -0.457 e. The topological polar surface area (TPSA) is 178 Å². The molecule has 0 bridgehead atoms. The summed E-state index contributed by atoms with van der Waals surface area (Å²) in [5.41, 5.74) is 0. The first-order chi connectivity index (χ1) is 23.1. The first-order valence-corrected chi connectivity index (χ1v) is 20.2. The summed E-state index contributed by atoms with van der Waals surface area (Å²) >= 11 is 0. The number of carbonyl (C=O) groups is 1. The molecule has 48 heavy (non-hydrogen) atoms. The van der Waals surface area contributed by atoms with Gasteiger partial charge in [0.1, 0.15) is 30.5 Å². The SMILES string of the molecule is CCCCCCCCCCCCCCCCC(=O)OC(COCCCCCCCCC)COC1OC(CO)C(O)C(OS(=O)(=O)O)C1O.